The molecule has 0 unspecified atom stereocenters. The Hall–Kier alpha value is -0.240. The van der Waals surface area contributed by atoms with Crippen LogP contribution >= 0.6 is 11.6 Å². The molecular weight excluding hydrogens is 308 g/mol. The monoisotopic (exact) mass is 346 g/mol. The first kappa shape index (κ1) is 22.8. The molecule has 0 aliphatic carbocycles. The average molecular weight is 347 g/mol. The Balaban J connectivity index is 3.15. The highest BCUT2D eigenvalue weighted by molar-refractivity contribution is 6.17. The van der Waals surface area contributed by atoms with Crippen molar-refractivity contribution >= 4 is 17.6 Å². The highest BCUT2D eigenvalue weighted by Crippen LogP contribution is 2.14. The number of carbonyl (C=O) groups is 1. The molecule has 0 N–H and O–H groups in total. The van der Waals surface area contributed by atoms with E-state index in [2.05, 4.69) is 0 Å². The molecule has 0 amide bonds. The van der Waals surface area contributed by atoms with Crippen LogP contribution in [0.1, 0.15) is 111 Å². The van der Waals surface area contributed by atoms with Gasteiger partial charge in [-0.05, 0) is 33.6 Å². The third-order valence-electron chi connectivity index (χ3n) is 3.93. The minimum Gasteiger partial charge on any atom is -0.460 e. The standard InChI is InChI=1S/C20H39ClO2/c1-20(2,3)23-19(22)17-15-13-11-9-7-5-4-6-8-10-12-14-16-18-21/h4-18H2,1-3H3. The van der Waals surface area contributed by atoms with E-state index in [0.717, 1.165) is 18.7 Å². The predicted molar refractivity (Wildman–Crippen MR) is 101 cm³/mol. The molecule has 0 rings (SSSR count). The van der Waals surface area contributed by atoms with Crippen LogP contribution in [0.4, 0.5) is 0 Å². The van der Waals surface area contributed by atoms with E-state index in [-0.39, 0.29) is 11.6 Å². The molecule has 0 aliphatic heterocycles. The van der Waals surface area contributed by atoms with Gasteiger partial charge in [0.2, 0.25) is 0 Å². The van der Waals surface area contributed by atoms with Crippen LogP contribution in [0.15, 0.2) is 0 Å². The summed E-state index contributed by atoms with van der Waals surface area (Å²) in [6.07, 6.45) is 17.3. The Morgan fingerprint density at radius 3 is 1.39 bits per heavy atom. The fraction of sp³-hybridized carbons (Fsp3) is 0.950. The number of unbranched alkanes of at least 4 members (excludes halogenated alkanes) is 12. The average Bonchev–Trinajstić information content (AvgIpc) is 2.46. The molecule has 3 heteroatoms. The predicted octanol–water partition coefficient (Wildman–Crippen LogP) is 7.03. The molecule has 0 aromatic rings. The summed E-state index contributed by atoms with van der Waals surface area (Å²) in [6, 6.07) is 0. The molecule has 138 valence electrons. The summed E-state index contributed by atoms with van der Waals surface area (Å²) in [5.41, 5.74) is -0.346. The number of rotatable bonds is 15. The van der Waals surface area contributed by atoms with Gasteiger partial charge in [0.05, 0.1) is 0 Å². The third kappa shape index (κ3) is 19.7. The second-order valence-corrected chi connectivity index (χ2v) is 8.00. The maximum Gasteiger partial charge on any atom is 0.306 e. The van der Waals surface area contributed by atoms with Gasteiger partial charge in [0.15, 0.2) is 0 Å². The van der Waals surface area contributed by atoms with E-state index >= 15 is 0 Å². The van der Waals surface area contributed by atoms with E-state index in [4.69, 9.17) is 16.3 Å². The summed E-state index contributed by atoms with van der Waals surface area (Å²) in [4.78, 5) is 11.5. The largest absolute Gasteiger partial charge is 0.460 e. The SMILES string of the molecule is CC(C)(C)OC(=O)CCCCCCCCCCCCCCCCl. The Labute approximate surface area is 149 Å². The van der Waals surface area contributed by atoms with Crippen LogP contribution in [0.5, 0.6) is 0 Å². The van der Waals surface area contributed by atoms with Crippen molar-refractivity contribution in [3.8, 4) is 0 Å². The molecule has 0 aliphatic rings. The second-order valence-electron chi connectivity index (χ2n) is 7.62. The van der Waals surface area contributed by atoms with Gasteiger partial charge >= 0.3 is 5.97 Å². The van der Waals surface area contributed by atoms with Crippen molar-refractivity contribution in [2.45, 2.75) is 116 Å². The van der Waals surface area contributed by atoms with Gasteiger partial charge < -0.3 is 4.74 Å². The highest BCUT2D eigenvalue weighted by atomic mass is 35.5. The van der Waals surface area contributed by atoms with Crippen LogP contribution in [0.3, 0.4) is 0 Å². The number of ether oxygens (including phenoxy) is 1. The van der Waals surface area contributed by atoms with Crippen LogP contribution in [0.2, 0.25) is 0 Å². The van der Waals surface area contributed by atoms with E-state index in [1.165, 1.54) is 70.6 Å². The van der Waals surface area contributed by atoms with Crippen molar-refractivity contribution in [2.24, 2.45) is 0 Å². The number of esters is 1. The van der Waals surface area contributed by atoms with E-state index in [1.54, 1.807) is 0 Å². The topological polar surface area (TPSA) is 26.3 Å². The molecule has 2 nitrogen and oxygen atoms in total. The van der Waals surface area contributed by atoms with Crippen LogP contribution in [0, 0.1) is 0 Å². The van der Waals surface area contributed by atoms with E-state index in [1.807, 2.05) is 20.8 Å². The highest BCUT2D eigenvalue weighted by Gasteiger charge is 2.15. The molecule has 0 saturated heterocycles. The Kier molecular flexibility index (Phi) is 15.1. The molecule has 0 fully saturated rings. The zero-order valence-electron chi connectivity index (χ0n) is 15.8. The third-order valence-corrected chi connectivity index (χ3v) is 4.20. The smallest absolute Gasteiger partial charge is 0.306 e. The first-order valence-corrected chi connectivity index (χ1v) is 10.3. The molecule has 0 saturated carbocycles. The lowest BCUT2D eigenvalue weighted by Crippen LogP contribution is -2.23. The quantitative estimate of drug-likeness (QED) is 0.181. The molecule has 0 spiro atoms. The van der Waals surface area contributed by atoms with Gasteiger partial charge in [0.1, 0.15) is 5.60 Å². The molecular formula is C20H39ClO2. The normalized spacial score (nSPS) is 11.7. The van der Waals surface area contributed by atoms with Crippen molar-refractivity contribution in [1.29, 1.82) is 0 Å². The fourth-order valence-corrected chi connectivity index (χ4v) is 2.89. The number of alkyl halides is 1. The van der Waals surface area contributed by atoms with Gasteiger partial charge in [0.25, 0.3) is 0 Å². The molecule has 0 aromatic heterocycles. The van der Waals surface area contributed by atoms with Crippen molar-refractivity contribution in [1.82, 2.24) is 0 Å². The van der Waals surface area contributed by atoms with Crippen LogP contribution < -0.4 is 0 Å². The zero-order chi connectivity index (χ0) is 17.4. The molecule has 0 aromatic carbocycles. The number of carbonyl (C=O) groups excluding carboxylic acids is 1. The lowest BCUT2D eigenvalue weighted by Gasteiger charge is -2.19. The summed E-state index contributed by atoms with van der Waals surface area (Å²) >= 11 is 5.66. The summed E-state index contributed by atoms with van der Waals surface area (Å²) in [5.74, 6) is 0.765. The van der Waals surface area contributed by atoms with Gasteiger partial charge in [0, 0.05) is 12.3 Å². The van der Waals surface area contributed by atoms with Crippen LogP contribution in [-0.4, -0.2) is 17.5 Å². The summed E-state index contributed by atoms with van der Waals surface area (Å²) in [5, 5.41) is 0. The first-order valence-electron chi connectivity index (χ1n) is 9.73. The number of halogens is 1. The van der Waals surface area contributed by atoms with Gasteiger partial charge in [-0.25, -0.2) is 0 Å². The fourth-order valence-electron chi connectivity index (χ4n) is 2.70. The summed E-state index contributed by atoms with van der Waals surface area (Å²) in [7, 11) is 0. The summed E-state index contributed by atoms with van der Waals surface area (Å²) in [6.45, 7) is 5.76. The van der Waals surface area contributed by atoms with E-state index in [9.17, 15) is 4.79 Å². The molecule has 0 bridgehead atoms. The van der Waals surface area contributed by atoms with Gasteiger partial charge in [-0.15, -0.1) is 11.6 Å². The van der Waals surface area contributed by atoms with Crippen molar-refractivity contribution in [3.05, 3.63) is 0 Å². The Bertz CT molecular complexity index is 271. The Morgan fingerprint density at radius 1 is 0.696 bits per heavy atom. The molecule has 0 heterocycles. The minimum atomic E-state index is -0.346. The zero-order valence-corrected chi connectivity index (χ0v) is 16.6. The van der Waals surface area contributed by atoms with E-state index < -0.39 is 0 Å². The first-order chi connectivity index (χ1) is 11.0. The van der Waals surface area contributed by atoms with Crippen LogP contribution in [0.25, 0.3) is 0 Å². The van der Waals surface area contributed by atoms with Crippen molar-refractivity contribution in [2.75, 3.05) is 5.88 Å². The maximum absolute atomic E-state index is 11.5. The Morgan fingerprint density at radius 2 is 1.04 bits per heavy atom. The van der Waals surface area contributed by atoms with Crippen molar-refractivity contribution in [3.63, 3.8) is 0 Å². The van der Waals surface area contributed by atoms with Crippen molar-refractivity contribution < 1.29 is 9.53 Å². The van der Waals surface area contributed by atoms with Gasteiger partial charge in [-0.3, -0.25) is 4.79 Å². The van der Waals surface area contributed by atoms with Gasteiger partial charge in [-0.2, -0.15) is 0 Å². The molecule has 23 heavy (non-hydrogen) atoms. The van der Waals surface area contributed by atoms with Gasteiger partial charge in [-0.1, -0.05) is 70.6 Å². The number of hydrogen-bond acceptors (Lipinski definition) is 2. The molecule has 0 atom stereocenters. The number of hydrogen-bond donors (Lipinski definition) is 0. The minimum absolute atomic E-state index is 0.0523. The summed E-state index contributed by atoms with van der Waals surface area (Å²) < 4.78 is 5.31. The van der Waals surface area contributed by atoms with Crippen LogP contribution in [-0.2, 0) is 9.53 Å². The lowest BCUT2D eigenvalue weighted by atomic mass is 10.0. The lowest BCUT2D eigenvalue weighted by molar-refractivity contribution is -0.154. The van der Waals surface area contributed by atoms with E-state index in [0.29, 0.717) is 6.42 Å². The maximum atomic E-state index is 11.5. The molecule has 0 radical (unpaired) electrons. The second kappa shape index (κ2) is 15.3.